The minimum absolute atomic E-state index is 0.287. The summed E-state index contributed by atoms with van der Waals surface area (Å²) in [6.07, 6.45) is 4.31. The van der Waals surface area contributed by atoms with Crippen molar-refractivity contribution in [2.24, 2.45) is 0 Å². The Morgan fingerprint density at radius 2 is 1.90 bits per heavy atom. The van der Waals surface area contributed by atoms with Gasteiger partial charge in [-0.25, -0.2) is 4.39 Å². The zero-order chi connectivity index (χ0) is 21.0. The number of hydrogen-bond donors (Lipinski definition) is 0. The van der Waals surface area contributed by atoms with Crippen LogP contribution in [0.1, 0.15) is 22.5 Å². The highest BCUT2D eigenvalue weighted by Gasteiger charge is 2.26. The molecule has 0 saturated carbocycles. The Morgan fingerprint density at radius 3 is 2.77 bits per heavy atom. The number of nitrogens with zero attached hydrogens (tertiary/aromatic N) is 3. The molecule has 0 atom stereocenters. The summed E-state index contributed by atoms with van der Waals surface area (Å²) < 4.78 is 25.9. The summed E-state index contributed by atoms with van der Waals surface area (Å²) in [6, 6.07) is 18.7. The Morgan fingerprint density at radius 1 is 1.03 bits per heavy atom. The van der Waals surface area contributed by atoms with Crippen LogP contribution in [0.5, 0.6) is 5.75 Å². The van der Waals surface area contributed by atoms with Crippen molar-refractivity contribution in [2.45, 2.75) is 26.1 Å². The van der Waals surface area contributed by atoms with Gasteiger partial charge in [0.2, 0.25) is 0 Å². The number of halogens is 1. The van der Waals surface area contributed by atoms with Crippen LogP contribution in [0.4, 0.5) is 4.39 Å². The normalized spacial score (nSPS) is 13.7. The molecule has 0 spiro atoms. The quantitative estimate of drug-likeness (QED) is 0.443. The fourth-order valence-corrected chi connectivity index (χ4v) is 3.93. The maximum absolute atomic E-state index is 14.3. The van der Waals surface area contributed by atoms with Crippen LogP contribution in [-0.2, 0) is 26.1 Å². The number of benzene rings is 2. The van der Waals surface area contributed by atoms with E-state index in [9.17, 15) is 4.39 Å². The molecule has 1 aliphatic heterocycles. The molecule has 1 aliphatic rings. The summed E-state index contributed by atoms with van der Waals surface area (Å²) in [6.45, 7) is 2.69. The zero-order valence-corrected chi connectivity index (χ0v) is 17.0. The largest absolute Gasteiger partial charge is 0.489 e. The van der Waals surface area contributed by atoms with Crippen molar-refractivity contribution in [2.75, 3.05) is 6.54 Å². The van der Waals surface area contributed by atoms with Crippen LogP contribution in [0, 0.1) is 5.82 Å². The summed E-state index contributed by atoms with van der Waals surface area (Å²) in [5.41, 5.74) is 4.18. The average molecular weight is 415 g/mol. The highest BCUT2D eigenvalue weighted by Crippen LogP contribution is 2.32. The standard InChI is InChI=1S/C25H22FN3O2/c26-22-9-3-2-8-20(22)25-21-16-29(13-11-24(21)31-28-25)15-19-7-1-4-10-23(19)30-17-18-6-5-12-27-14-18/h1-10,12,14H,11,13,15-17H2. The lowest BCUT2D eigenvalue weighted by Crippen LogP contribution is -2.29. The first kappa shape index (κ1) is 19.5. The molecule has 4 aromatic rings. The van der Waals surface area contributed by atoms with Gasteiger partial charge in [-0.05, 0) is 24.3 Å². The number of fused-ring (bicyclic) bond motifs is 1. The van der Waals surface area contributed by atoms with Crippen molar-refractivity contribution >= 4 is 0 Å². The minimum Gasteiger partial charge on any atom is -0.489 e. The van der Waals surface area contributed by atoms with Gasteiger partial charge in [-0.3, -0.25) is 9.88 Å². The fraction of sp³-hybridized carbons (Fsp3) is 0.200. The maximum Gasteiger partial charge on any atom is 0.143 e. The molecule has 0 saturated heterocycles. The van der Waals surface area contributed by atoms with E-state index in [-0.39, 0.29) is 5.82 Å². The first-order chi connectivity index (χ1) is 15.3. The summed E-state index contributed by atoms with van der Waals surface area (Å²) >= 11 is 0. The second-order valence-corrected chi connectivity index (χ2v) is 7.63. The molecule has 2 aromatic carbocycles. The smallest absolute Gasteiger partial charge is 0.143 e. The van der Waals surface area contributed by atoms with E-state index in [1.807, 2.05) is 42.6 Å². The fourth-order valence-electron chi connectivity index (χ4n) is 3.93. The van der Waals surface area contributed by atoms with E-state index in [0.29, 0.717) is 24.4 Å². The second kappa shape index (κ2) is 8.70. The van der Waals surface area contributed by atoms with Crippen LogP contribution in [0.3, 0.4) is 0 Å². The van der Waals surface area contributed by atoms with E-state index in [1.54, 1.807) is 18.3 Å². The molecule has 3 heterocycles. The Hall–Kier alpha value is -3.51. The molecule has 0 N–H and O–H groups in total. The zero-order valence-electron chi connectivity index (χ0n) is 17.0. The third-order valence-electron chi connectivity index (χ3n) is 5.52. The van der Waals surface area contributed by atoms with Gasteiger partial charge in [0.15, 0.2) is 0 Å². The number of rotatable bonds is 6. The molecule has 2 aromatic heterocycles. The van der Waals surface area contributed by atoms with E-state index in [4.69, 9.17) is 9.26 Å². The van der Waals surface area contributed by atoms with Gasteiger partial charge in [-0.2, -0.15) is 0 Å². The molecule has 0 radical (unpaired) electrons. The van der Waals surface area contributed by atoms with Crippen LogP contribution in [0.25, 0.3) is 11.3 Å². The summed E-state index contributed by atoms with van der Waals surface area (Å²) in [5.74, 6) is 1.41. The average Bonchev–Trinajstić information content (AvgIpc) is 3.23. The molecular weight excluding hydrogens is 393 g/mol. The molecule has 0 fully saturated rings. The van der Waals surface area contributed by atoms with Crippen LogP contribution in [-0.4, -0.2) is 21.6 Å². The monoisotopic (exact) mass is 415 g/mol. The molecule has 31 heavy (non-hydrogen) atoms. The first-order valence-electron chi connectivity index (χ1n) is 10.3. The van der Waals surface area contributed by atoms with Crippen LogP contribution in [0.2, 0.25) is 0 Å². The van der Waals surface area contributed by atoms with Crippen molar-refractivity contribution in [1.29, 1.82) is 0 Å². The van der Waals surface area contributed by atoms with Crippen molar-refractivity contribution in [1.82, 2.24) is 15.0 Å². The predicted molar refractivity (Wildman–Crippen MR) is 115 cm³/mol. The van der Waals surface area contributed by atoms with Gasteiger partial charge >= 0.3 is 0 Å². The van der Waals surface area contributed by atoms with E-state index in [0.717, 1.165) is 47.7 Å². The number of para-hydroxylation sites is 1. The topological polar surface area (TPSA) is 51.4 Å². The summed E-state index contributed by atoms with van der Waals surface area (Å²) in [4.78, 5) is 6.45. The van der Waals surface area contributed by atoms with E-state index in [2.05, 4.69) is 21.1 Å². The number of hydrogen-bond acceptors (Lipinski definition) is 5. The van der Waals surface area contributed by atoms with Crippen LogP contribution in [0.15, 0.2) is 77.6 Å². The Kier molecular flexibility index (Phi) is 5.46. The van der Waals surface area contributed by atoms with Gasteiger partial charge in [-0.1, -0.05) is 41.6 Å². The van der Waals surface area contributed by atoms with Crippen molar-refractivity contribution in [3.8, 4) is 17.0 Å². The van der Waals surface area contributed by atoms with Gasteiger partial charge < -0.3 is 9.26 Å². The van der Waals surface area contributed by atoms with E-state index in [1.165, 1.54) is 6.07 Å². The lowest BCUT2D eigenvalue weighted by molar-refractivity contribution is 0.222. The maximum atomic E-state index is 14.3. The van der Waals surface area contributed by atoms with Crippen molar-refractivity contribution < 1.29 is 13.7 Å². The molecule has 5 rings (SSSR count). The number of ether oxygens (including phenoxy) is 1. The van der Waals surface area contributed by atoms with Gasteiger partial charge in [0.05, 0.1) is 0 Å². The highest BCUT2D eigenvalue weighted by atomic mass is 19.1. The second-order valence-electron chi connectivity index (χ2n) is 7.63. The van der Waals surface area contributed by atoms with Crippen LogP contribution < -0.4 is 4.74 Å². The Balaban J connectivity index is 1.33. The molecule has 5 nitrogen and oxygen atoms in total. The number of pyridine rings is 1. The lowest BCUT2D eigenvalue weighted by Gasteiger charge is -2.27. The van der Waals surface area contributed by atoms with Gasteiger partial charge in [0.1, 0.15) is 29.6 Å². The minimum atomic E-state index is -0.287. The van der Waals surface area contributed by atoms with Gasteiger partial charge in [0, 0.05) is 60.7 Å². The SMILES string of the molecule is Fc1ccccc1-c1noc2c1CN(Cc1ccccc1OCc1cccnc1)CC2. The van der Waals surface area contributed by atoms with Crippen molar-refractivity contribution in [3.05, 3.63) is 101 Å². The lowest BCUT2D eigenvalue weighted by atomic mass is 10.0. The molecule has 156 valence electrons. The van der Waals surface area contributed by atoms with Crippen LogP contribution >= 0.6 is 0 Å². The first-order valence-corrected chi connectivity index (χ1v) is 10.3. The molecule has 0 unspecified atom stereocenters. The molecule has 0 aliphatic carbocycles. The third kappa shape index (κ3) is 4.20. The summed E-state index contributed by atoms with van der Waals surface area (Å²) in [5, 5.41) is 4.18. The molecule has 6 heteroatoms. The Labute approximate surface area is 180 Å². The molecule has 0 bridgehead atoms. The molecular formula is C25H22FN3O2. The summed E-state index contributed by atoms with van der Waals surface area (Å²) in [7, 11) is 0. The number of aromatic nitrogens is 2. The highest BCUT2D eigenvalue weighted by molar-refractivity contribution is 5.64. The van der Waals surface area contributed by atoms with E-state index < -0.39 is 0 Å². The van der Waals surface area contributed by atoms with Gasteiger partial charge in [0.25, 0.3) is 0 Å². The predicted octanol–water partition coefficient (Wildman–Crippen LogP) is 5.01. The van der Waals surface area contributed by atoms with Gasteiger partial charge in [-0.15, -0.1) is 0 Å². The third-order valence-corrected chi connectivity index (χ3v) is 5.52. The molecule has 0 amide bonds. The van der Waals surface area contributed by atoms with E-state index >= 15 is 0 Å². The Bertz CT molecular complexity index is 1180. The van der Waals surface area contributed by atoms with Crippen molar-refractivity contribution in [3.63, 3.8) is 0 Å².